The second-order valence-corrected chi connectivity index (χ2v) is 6.81. The van der Waals surface area contributed by atoms with E-state index in [9.17, 15) is 9.18 Å². The minimum Gasteiger partial charge on any atom is -0.352 e. The van der Waals surface area contributed by atoms with Crippen molar-refractivity contribution in [3.05, 3.63) is 64.8 Å². The Kier molecular flexibility index (Phi) is 4.70. The fraction of sp³-hybridized carbons (Fsp3) is 0.368. The van der Waals surface area contributed by atoms with Crippen LogP contribution < -0.4 is 5.32 Å². The van der Waals surface area contributed by atoms with Crippen LogP contribution in [-0.4, -0.2) is 25.8 Å². The van der Waals surface area contributed by atoms with Crippen LogP contribution in [0, 0.1) is 5.82 Å². The van der Waals surface area contributed by atoms with Gasteiger partial charge in [-0.2, -0.15) is 10.1 Å². The van der Waals surface area contributed by atoms with E-state index in [0.29, 0.717) is 17.3 Å². The molecule has 0 aliphatic heterocycles. The van der Waals surface area contributed by atoms with Crippen LogP contribution in [0.15, 0.2) is 35.0 Å². The summed E-state index contributed by atoms with van der Waals surface area (Å²) in [6, 6.07) is 6.13. The van der Waals surface area contributed by atoms with Crippen LogP contribution in [0.3, 0.4) is 0 Å². The van der Waals surface area contributed by atoms with Crippen molar-refractivity contribution >= 4 is 5.91 Å². The number of hydrogen-bond donors (Lipinski definition) is 1. The second kappa shape index (κ2) is 7.30. The number of nitrogens with one attached hydrogen (secondary N) is 1. The van der Waals surface area contributed by atoms with Crippen LogP contribution in [0.1, 0.15) is 40.9 Å². The Morgan fingerprint density at radius 3 is 3.19 bits per heavy atom. The first kappa shape index (κ1) is 17.4. The SMILES string of the molecule is Cn1ncc2c1CC(c1nc(CC(=O)NCc3cccc(F)c3)no1)CC2. The zero-order valence-electron chi connectivity index (χ0n) is 15.0. The van der Waals surface area contributed by atoms with E-state index >= 15 is 0 Å². The highest BCUT2D eigenvalue weighted by atomic mass is 19.1. The van der Waals surface area contributed by atoms with Crippen molar-refractivity contribution < 1.29 is 13.7 Å². The molecule has 0 saturated heterocycles. The lowest BCUT2D eigenvalue weighted by molar-refractivity contribution is -0.120. The summed E-state index contributed by atoms with van der Waals surface area (Å²) in [4.78, 5) is 16.5. The molecule has 2 aromatic heterocycles. The fourth-order valence-electron chi connectivity index (χ4n) is 3.42. The molecule has 1 aliphatic carbocycles. The summed E-state index contributed by atoms with van der Waals surface area (Å²) in [5.74, 6) is 0.509. The maximum Gasteiger partial charge on any atom is 0.230 e. The van der Waals surface area contributed by atoms with Gasteiger partial charge in [0.25, 0.3) is 0 Å². The van der Waals surface area contributed by atoms with Crippen molar-refractivity contribution in [1.29, 1.82) is 0 Å². The van der Waals surface area contributed by atoms with Gasteiger partial charge < -0.3 is 9.84 Å². The van der Waals surface area contributed by atoms with Crippen LogP contribution in [0.5, 0.6) is 0 Å². The van der Waals surface area contributed by atoms with E-state index in [4.69, 9.17) is 4.52 Å². The van der Waals surface area contributed by atoms with Gasteiger partial charge in [0.1, 0.15) is 5.82 Å². The third-order valence-corrected chi connectivity index (χ3v) is 4.88. The number of benzene rings is 1. The van der Waals surface area contributed by atoms with Gasteiger partial charge in [-0.1, -0.05) is 17.3 Å². The summed E-state index contributed by atoms with van der Waals surface area (Å²) < 4.78 is 20.4. The number of aromatic nitrogens is 4. The van der Waals surface area contributed by atoms with Crippen molar-refractivity contribution in [2.75, 3.05) is 0 Å². The molecular formula is C19H20FN5O2. The lowest BCUT2D eigenvalue weighted by atomic mass is 9.88. The number of amides is 1. The van der Waals surface area contributed by atoms with Gasteiger partial charge in [-0.3, -0.25) is 9.48 Å². The average molecular weight is 369 g/mol. The summed E-state index contributed by atoms with van der Waals surface area (Å²) in [5.41, 5.74) is 3.16. The largest absolute Gasteiger partial charge is 0.352 e. The number of aryl methyl sites for hydroxylation is 2. The minimum absolute atomic E-state index is 0.0303. The highest BCUT2D eigenvalue weighted by molar-refractivity contribution is 5.77. The topological polar surface area (TPSA) is 85.8 Å². The predicted molar refractivity (Wildman–Crippen MR) is 94.2 cm³/mol. The number of halogens is 1. The van der Waals surface area contributed by atoms with E-state index < -0.39 is 0 Å². The van der Waals surface area contributed by atoms with Crippen LogP contribution in [0.4, 0.5) is 4.39 Å². The van der Waals surface area contributed by atoms with E-state index in [-0.39, 0.29) is 30.6 Å². The van der Waals surface area contributed by atoms with Crippen molar-refractivity contribution in [2.24, 2.45) is 7.05 Å². The highest BCUT2D eigenvalue weighted by Gasteiger charge is 2.27. The Labute approximate surface area is 155 Å². The number of nitrogens with zero attached hydrogens (tertiary/aromatic N) is 4. The number of hydrogen-bond acceptors (Lipinski definition) is 5. The molecule has 3 aromatic rings. The third kappa shape index (κ3) is 3.89. The molecular weight excluding hydrogens is 349 g/mol. The quantitative estimate of drug-likeness (QED) is 0.744. The third-order valence-electron chi connectivity index (χ3n) is 4.88. The Morgan fingerprint density at radius 2 is 2.33 bits per heavy atom. The summed E-state index contributed by atoms with van der Waals surface area (Å²) in [6.07, 6.45) is 4.60. The first-order chi connectivity index (χ1) is 13.1. The van der Waals surface area contributed by atoms with E-state index in [2.05, 4.69) is 20.6 Å². The Bertz CT molecular complexity index is 965. The Balaban J connectivity index is 1.34. The lowest BCUT2D eigenvalue weighted by Gasteiger charge is -2.19. The van der Waals surface area contributed by atoms with Gasteiger partial charge >= 0.3 is 0 Å². The van der Waals surface area contributed by atoms with E-state index in [0.717, 1.165) is 19.3 Å². The molecule has 1 aromatic carbocycles. The number of carbonyl (C=O) groups excluding carboxylic acids is 1. The molecule has 0 radical (unpaired) electrons. The summed E-state index contributed by atoms with van der Waals surface area (Å²) >= 11 is 0. The first-order valence-corrected chi connectivity index (χ1v) is 8.92. The normalized spacial score (nSPS) is 16.1. The van der Waals surface area contributed by atoms with Gasteiger partial charge in [-0.25, -0.2) is 4.39 Å². The smallest absolute Gasteiger partial charge is 0.230 e. The van der Waals surface area contributed by atoms with Crippen LogP contribution in [0.2, 0.25) is 0 Å². The van der Waals surface area contributed by atoms with Crippen LogP contribution in [-0.2, 0) is 37.6 Å². The first-order valence-electron chi connectivity index (χ1n) is 8.92. The Morgan fingerprint density at radius 1 is 1.44 bits per heavy atom. The van der Waals surface area contributed by atoms with E-state index in [1.165, 1.54) is 23.4 Å². The van der Waals surface area contributed by atoms with Crippen molar-refractivity contribution in [3.8, 4) is 0 Å². The molecule has 1 unspecified atom stereocenters. The zero-order valence-corrected chi connectivity index (χ0v) is 15.0. The zero-order chi connectivity index (χ0) is 18.8. The maximum absolute atomic E-state index is 13.2. The minimum atomic E-state index is -0.325. The molecule has 8 heteroatoms. The number of fused-ring (bicyclic) bond motifs is 1. The molecule has 0 spiro atoms. The molecule has 140 valence electrons. The molecule has 1 N–H and O–H groups in total. The van der Waals surface area contributed by atoms with Crippen molar-refractivity contribution in [1.82, 2.24) is 25.2 Å². The molecule has 0 saturated carbocycles. The van der Waals surface area contributed by atoms with Gasteiger partial charge in [0.15, 0.2) is 5.82 Å². The van der Waals surface area contributed by atoms with E-state index in [1.807, 2.05) is 17.9 Å². The van der Waals surface area contributed by atoms with Crippen molar-refractivity contribution in [3.63, 3.8) is 0 Å². The van der Waals surface area contributed by atoms with Crippen LogP contribution >= 0.6 is 0 Å². The summed E-state index contributed by atoms with van der Waals surface area (Å²) in [6.45, 7) is 0.257. The standard InChI is InChI=1S/C19H20FN5O2/c1-25-16-8-13(5-6-14(16)11-22-25)19-23-17(24-27-19)9-18(26)21-10-12-3-2-4-15(20)7-12/h2-4,7,11,13H,5-6,8-10H2,1H3,(H,21,26). The maximum atomic E-state index is 13.2. The molecule has 4 rings (SSSR count). The second-order valence-electron chi connectivity index (χ2n) is 6.81. The molecule has 1 amide bonds. The number of rotatable bonds is 5. The molecule has 0 bridgehead atoms. The van der Waals surface area contributed by atoms with Gasteiger partial charge in [0.2, 0.25) is 11.8 Å². The summed E-state index contributed by atoms with van der Waals surface area (Å²) in [5, 5.41) is 11.0. The molecule has 0 fully saturated rings. The Hall–Kier alpha value is -3.03. The fourth-order valence-corrected chi connectivity index (χ4v) is 3.42. The van der Waals surface area contributed by atoms with Crippen LogP contribution in [0.25, 0.3) is 0 Å². The molecule has 27 heavy (non-hydrogen) atoms. The van der Waals surface area contributed by atoms with Gasteiger partial charge in [-0.05, 0) is 36.1 Å². The van der Waals surface area contributed by atoms with E-state index in [1.54, 1.807) is 12.1 Å². The molecule has 1 atom stereocenters. The monoisotopic (exact) mass is 369 g/mol. The molecule has 2 heterocycles. The molecule has 7 nitrogen and oxygen atoms in total. The number of carbonyl (C=O) groups is 1. The molecule has 1 aliphatic rings. The average Bonchev–Trinajstić information content (AvgIpc) is 3.27. The van der Waals surface area contributed by atoms with Gasteiger partial charge in [-0.15, -0.1) is 0 Å². The lowest BCUT2D eigenvalue weighted by Crippen LogP contribution is -2.25. The van der Waals surface area contributed by atoms with Crippen molar-refractivity contribution in [2.45, 2.75) is 38.1 Å². The van der Waals surface area contributed by atoms with Gasteiger partial charge in [0, 0.05) is 31.6 Å². The summed E-state index contributed by atoms with van der Waals surface area (Å²) in [7, 11) is 1.93. The predicted octanol–water partition coefficient (Wildman–Crippen LogP) is 2.07. The highest BCUT2D eigenvalue weighted by Crippen LogP contribution is 2.31. The van der Waals surface area contributed by atoms with Gasteiger partial charge in [0.05, 0.1) is 12.6 Å².